The van der Waals surface area contributed by atoms with Crippen LogP contribution in [0.4, 0.5) is 13.2 Å². The van der Waals surface area contributed by atoms with Gasteiger partial charge in [0.2, 0.25) is 0 Å². The molecule has 1 aromatic carbocycles. The minimum absolute atomic E-state index is 0.113. The molecule has 3 nitrogen and oxygen atoms in total. The van der Waals surface area contributed by atoms with Gasteiger partial charge in [-0.25, -0.2) is 13.2 Å². The highest BCUT2D eigenvalue weighted by atomic mass is 19.1. The van der Waals surface area contributed by atoms with Crippen LogP contribution >= 0.6 is 0 Å². The van der Waals surface area contributed by atoms with E-state index < -0.39 is 28.9 Å². The SMILES string of the molecule is O=C(NC1CCC(CO)CC1)c1c(F)cc(F)cc1F. The molecule has 0 unspecified atom stereocenters. The number of aliphatic hydroxyl groups is 1. The Morgan fingerprint density at radius 3 is 2.20 bits per heavy atom. The topological polar surface area (TPSA) is 49.3 Å². The first-order valence-corrected chi connectivity index (χ1v) is 6.57. The van der Waals surface area contributed by atoms with E-state index in [1.807, 2.05) is 0 Å². The highest BCUT2D eigenvalue weighted by molar-refractivity contribution is 5.94. The lowest BCUT2D eigenvalue weighted by molar-refractivity contribution is 0.0905. The number of halogens is 3. The zero-order valence-corrected chi connectivity index (χ0v) is 10.8. The molecule has 1 aromatic rings. The fourth-order valence-corrected chi connectivity index (χ4v) is 2.51. The highest BCUT2D eigenvalue weighted by Gasteiger charge is 2.25. The maximum absolute atomic E-state index is 13.5. The summed E-state index contributed by atoms with van der Waals surface area (Å²) in [4.78, 5) is 11.9. The van der Waals surface area contributed by atoms with Gasteiger partial charge >= 0.3 is 0 Å². The molecule has 0 saturated heterocycles. The van der Waals surface area contributed by atoms with E-state index in [4.69, 9.17) is 5.11 Å². The van der Waals surface area contributed by atoms with Gasteiger partial charge in [0.25, 0.3) is 5.91 Å². The predicted octanol–water partition coefficient (Wildman–Crippen LogP) is 2.38. The minimum atomic E-state index is -1.20. The summed E-state index contributed by atoms with van der Waals surface area (Å²) in [5.41, 5.74) is -0.754. The van der Waals surface area contributed by atoms with Crippen molar-refractivity contribution in [2.24, 2.45) is 5.92 Å². The van der Waals surface area contributed by atoms with Crippen LogP contribution in [0.1, 0.15) is 36.0 Å². The van der Waals surface area contributed by atoms with E-state index in [0.717, 1.165) is 12.8 Å². The maximum Gasteiger partial charge on any atom is 0.257 e. The molecule has 110 valence electrons. The number of rotatable bonds is 3. The number of nitrogens with one attached hydrogen (secondary N) is 1. The Balaban J connectivity index is 2.03. The second-order valence-electron chi connectivity index (χ2n) is 5.12. The van der Waals surface area contributed by atoms with Crippen LogP contribution in [-0.2, 0) is 0 Å². The van der Waals surface area contributed by atoms with Gasteiger partial charge in [0, 0.05) is 24.8 Å². The molecule has 1 fully saturated rings. The van der Waals surface area contributed by atoms with Gasteiger partial charge in [-0.1, -0.05) is 0 Å². The van der Waals surface area contributed by atoms with Gasteiger partial charge in [0.05, 0.1) is 0 Å². The summed E-state index contributed by atoms with van der Waals surface area (Å²) in [5.74, 6) is -4.11. The van der Waals surface area contributed by atoms with Crippen molar-refractivity contribution >= 4 is 5.91 Å². The number of benzene rings is 1. The zero-order chi connectivity index (χ0) is 14.7. The van der Waals surface area contributed by atoms with Crippen molar-refractivity contribution in [2.75, 3.05) is 6.61 Å². The van der Waals surface area contributed by atoms with E-state index in [1.54, 1.807) is 0 Å². The van der Waals surface area contributed by atoms with Crippen LogP contribution in [0.15, 0.2) is 12.1 Å². The fourth-order valence-electron chi connectivity index (χ4n) is 2.51. The van der Waals surface area contributed by atoms with Crippen molar-refractivity contribution in [1.82, 2.24) is 5.32 Å². The lowest BCUT2D eigenvalue weighted by Gasteiger charge is -2.28. The lowest BCUT2D eigenvalue weighted by atomic mass is 9.86. The van der Waals surface area contributed by atoms with Crippen LogP contribution < -0.4 is 5.32 Å². The summed E-state index contributed by atoms with van der Waals surface area (Å²) in [6.07, 6.45) is 2.83. The number of carbonyl (C=O) groups is 1. The van der Waals surface area contributed by atoms with E-state index in [9.17, 15) is 18.0 Å². The van der Waals surface area contributed by atoms with Crippen LogP contribution in [-0.4, -0.2) is 23.7 Å². The van der Waals surface area contributed by atoms with Crippen LogP contribution in [0.5, 0.6) is 0 Å². The molecule has 2 rings (SSSR count). The first kappa shape index (κ1) is 14.8. The third kappa shape index (κ3) is 3.30. The van der Waals surface area contributed by atoms with Crippen LogP contribution in [0, 0.1) is 23.4 Å². The van der Waals surface area contributed by atoms with Gasteiger partial charge < -0.3 is 10.4 Å². The minimum Gasteiger partial charge on any atom is -0.396 e. The number of amides is 1. The first-order valence-electron chi connectivity index (χ1n) is 6.57. The molecule has 1 aliphatic rings. The molecule has 0 atom stereocenters. The molecule has 0 radical (unpaired) electrons. The molecule has 1 amide bonds. The molecule has 0 aromatic heterocycles. The molecule has 20 heavy (non-hydrogen) atoms. The Bertz CT molecular complexity index is 476. The summed E-state index contributed by atoms with van der Waals surface area (Å²) in [6, 6.07) is 0.801. The lowest BCUT2D eigenvalue weighted by Crippen LogP contribution is -2.38. The van der Waals surface area contributed by atoms with Gasteiger partial charge in [-0.2, -0.15) is 0 Å². The van der Waals surface area contributed by atoms with Crippen molar-refractivity contribution in [3.05, 3.63) is 35.1 Å². The molecule has 0 spiro atoms. The van der Waals surface area contributed by atoms with Crippen LogP contribution in [0.3, 0.4) is 0 Å². The number of hydrogen-bond donors (Lipinski definition) is 2. The number of aliphatic hydroxyl groups excluding tert-OH is 1. The van der Waals surface area contributed by atoms with Gasteiger partial charge in [0.1, 0.15) is 23.0 Å². The third-order valence-corrected chi connectivity index (χ3v) is 3.67. The van der Waals surface area contributed by atoms with Gasteiger partial charge in [-0.15, -0.1) is 0 Å². The Morgan fingerprint density at radius 2 is 1.70 bits per heavy atom. The Morgan fingerprint density at radius 1 is 1.15 bits per heavy atom. The van der Waals surface area contributed by atoms with Crippen LogP contribution in [0.2, 0.25) is 0 Å². The van der Waals surface area contributed by atoms with Crippen molar-refractivity contribution in [3.8, 4) is 0 Å². The molecular formula is C14H16F3NO2. The number of carbonyl (C=O) groups excluding carboxylic acids is 1. The van der Waals surface area contributed by atoms with E-state index in [1.165, 1.54) is 0 Å². The maximum atomic E-state index is 13.5. The van der Waals surface area contributed by atoms with Gasteiger partial charge in [-0.05, 0) is 31.6 Å². The normalized spacial score (nSPS) is 22.6. The molecular weight excluding hydrogens is 271 g/mol. The molecule has 6 heteroatoms. The Labute approximate surface area is 114 Å². The van der Waals surface area contributed by atoms with Crippen LogP contribution in [0.25, 0.3) is 0 Å². The quantitative estimate of drug-likeness (QED) is 0.896. The van der Waals surface area contributed by atoms with Crippen molar-refractivity contribution < 1.29 is 23.1 Å². The largest absolute Gasteiger partial charge is 0.396 e. The Kier molecular flexibility index (Phi) is 4.65. The highest BCUT2D eigenvalue weighted by Crippen LogP contribution is 2.24. The van der Waals surface area contributed by atoms with Gasteiger partial charge in [-0.3, -0.25) is 4.79 Å². The molecule has 0 heterocycles. The van der Waals surface area contributed by atoms with E-state index in [2.05, 4.69) is 5.32 Å². The summed E-state index contributed by atoms with van der Waals surface area (Å²) in [5, 5.41) is 11.6. The second-order valence-corrected chi connectivity index (χ2v) is 5.12. The molecule has 0 bridgehead atoms. The summed E-state index contributed by atoms with van der Waals surface area (Å²) < 4.78 is 39.7. The molecule has 2 N–H and O–H groups in total. The summed E-state index contributed by atoms with van der Waals surface area (Å²) >= 11 is 0. The summed E-state index contributed by atoms with van der Waals surface area (Å²) in [6.45, 7) is 0.113. The first-order chi connectivity index (χ1) is 9.51. The Hall–Kier alpha value is -1.56. The smallest absolute Gasteiger partial charge is 0.257 e. The van der Waals surface area contributed by atoms with E-state index >= 15 is 0 Å². The molecule has 1 saturated carbocycles. The van der Waals surface area contributed by atoms with Crippen molar-refractivity contribution in [2.45, 2.75) is 31.7 Å². The van der Waals surface area contributed by atoms with Crippen molar-refractivity contribution in [3.63, 3.8) is 0 Å². The summed E-state index contributed by atoms with van der Waals surface area (Å²) in [7, 11) is 0. The number of hydrogen-bond acceptors (Lipinski definition) is 2. The second kappa shape index (κ2) is 6.26. The standard InChI is InChI=1S/C14H16F3NO2/c15-9-5-11(16)13(12(17)6-9)14(20)18-10-3-1-8(7-19)2-4-10/h5-6,8,10,19H,1-4,7H2,(H,18,20). The fraction of sp³-hybridized carbons (Fsp3) is 0.500. The zero-order valence-electron chi connectivity index (χ0n) is 10.8. The third-order valence-electron chi connectivity index (χ3n) is 3.67. The molecule has 1 aliphatic carbocycles. The van der Waals surface area contributed by atoms with Gasteiger partial charge in [0.15, 0.2) is 0 Å². The predicted molar refractivity (Wildman–Crippen MR) is 66.6 cm³/mol. The van der Waals surface area contributed by atoms with E-state index in [-0.39, 0.29) is 18.6 Å². The average Bonchev–Trinajstić information content (AvgIpc) is 2.38. The molecule has 0 aliphatic heterocycles. The monoisotopic (exact) mass is 287 g/mol. The van der Waals surface area contributed by atoms with Crippen molar-refractivity contribution in [1.29, 1.82) is 0 Å². The average molecular weight is 287 g/mol. The van der Waals surface area contributed by atoms with E-state index in [0.29, 0.717) is 25.0 Å².